The minimum atomic E-state index is -0.460. The van der Waals surface area contributed by atoms with Crippen LogP contribution in [0.5, 0.6) is 0 Å². The van der Waals surface area contributed by atoms with Gasteiger partial charge in [-0.15, -0.1) is 0 Å². The Kier molecular flexibility index (Phi) is 6.33. The van der Waals surface area contributed by atoms with Gasteiger partial charge in [0.05, 0.1) is 4.92 Å². The molecular formula is C20H25N3O3. The SMILES string of the molecule is CCN(CC)c1ccc(CN(C)C(=O)c2ccc(C)c([N+](=O)[O-])c2)cc1. The summed E-state index contributed by atoms with van der Waals surface area (Å²) in [7, 11) is 1.70. The van der Waals surface area contributed by atoms with Crippen molar-refractivity contribution >= 4 is 17.3 Å². The van der Waals surface area contributed by atoms with Crippen LogP contribution in [-0.2, 0) is 6.54 Å². The Bertz CT molecular complexity index is 783. The lowest BCUT2D eigenvalue weighted by molar-refractivity contribution is -0.385. The second-order valence-corrected chi connectivity index (χ2v) is 6.26. The molecule has 0 saturated heterocycles. The molecule has 0 N–H and O–H groups in total. The molecule has 0 spiro atoms. The zero-order valence-electron chi connectivity index (χ0n) is 15.7. The molecule has 26 heavy (non-hydrogen) atoms. The van der Waals surface area contributed by atoms with E-state index in [1.807, 2.05) is 12.1 Å². The molecule has 0 fully saturated rings. The summed E-state index contributed by atoms with van der Waals surface area (Å²) in [6.07, 6.45) is 0. The summed E-state index contributed by atoms with van der Waals surface area (Å²) in [5, 5.41) is 11.1. The van der Waals surface area contributed by atoms with Crippen molar-refractivity contribution in [1.29, 1.82) is 0 Å². The summed E-state index contributed by atoms with van der Waals surface area (Å²) >= 11 is 0. The predicted molar refractivity (Wildman–Crippen MR) is 104 cm³/mol. The standard InChI is InChI=1S/C20H25N3O3/c1-5-22(6-2)18-11-8-16(9-12-18)14-21(4)20(24)17-10-7-15(3)19(13-17)23(25)26/h7-13H,5-6,14H2,1-4H3. The van der Waals surface area contributed by atoms with Gasteiger partial charge in [0.2, 0.25) is 0 Å². The number of hydrogen-bond donors (Lipinski definition) is 0. The monoisotopic (exact) mass is 355 g/mol. The van der Waals surface area contributed by atoms with Gasteiger partial charge < -0.3 is 9.80 Å². The Balaban J connectivity index is 2.12. The second-order valence-electron chi connectivity index (χ2n) is 6.26. The van der Waals surface area contributed by atoms with Crippen molar-refractivity contribution in [1.82, 2.24) is 4.90 Å². The van der Waals surface area contributed by atoms with Crippen LogP contribution in [0.3, 0.4) is 0 Å². The van der Waals surface area contributed by atoms with Gasteiger partial charge >= 0.3 is 0 Å². The molecule has 0 unspecified atom stereocenters. The number of anilines is 1. The van der Waals surface area contributed by atoms with Gasteiger partial charge in [0, 0.05) is 49.6 Å². The molecule has 6 heteroatoms. The largest absolute Gasteiger partial charge is 0.372 e. The summed E-state index contributed by atoms with van der Waals surface area (Å²) < 4.78 is 0. The van der Waals surface area contributed by atoms with E-state index in [0.717, 1.165) is 24.3 Å². The maximum atomic E-state index is 12.6. The molecular weight excluding hydrogens is 330 g/mol. The van der Waals surface area contributed by atoms with Crippen LogP contribution in [0.4, 0.5) is 11.4 Å². The highest BCUT2D eigenvalue weighted by Gasteiger charge is 2.18. The lowest BCUT2D eigenvalue weighted by Crippen LogP contribution is -2.26. The smallest absolute Gasteiger partial charge is 0.273 e. The minimum Gasteiger partial charge on any atom is -0.372 e. The van der Waals surface area contributed by atoms with E-state index in [-0.39, 0.29) is 11.6 Å². The van der Waals surface area contributed by atoms with E-state index in [0.29, 0.717) is 17.7 Å². The van der Waals surface area contributed by atoms with Crippen LogP contribution in [-0.4, -0.2) is 35.9 Å². The lowest BCUT2D eigenvalue weighted by atomic mass is 10.1. The third-order valence-electron chi connectivity index (χ3n) is 4.48. The van der Waals surface area contributed by atoms with E-state index < -0.39 is 4.92 Å². The van der Waals surface area contributed by atoms with Crippen LogP contribution in [0, 0.1) is 17.0 Å². The van der Waals surface area contributed by atoms with Gasteiger partial charge in [0.1, 0.15) is 0 Å². The number of rotatable bonds is 7. The van der Waals surface area contributed by atoms with Gasteiger partial charge in [-0.2, -0.15) is 0 Å². The van der Waals surface area contributed by atoms with Crippen molar-refractivity contribution in [3.05, 3.63) is 69.3 Å². The average molecular weight is 355 g/mol. The number of nitrogens with zero attached hydrogens (tertiary/aromatic N) is 3. The first kappa shape index (κ1) is 19.4. The third-order valence-corrected chi connectivity index (χ3v) is 4.48. The highest BCUT2D eigenvalue weighted by atomic mass is 16.6. The van der Waals surface area contributed by atoms with Crippen molar-refractivity contribution in [2.75, 3.05) is 25.0 Å². The second kappa shape index (κ2) is 8.47. The fourth-order valence-electron chi connectivity index (χ4n) is 2.91. The van der Waals surface area contributed by atoms with E-state index in [9.17, 15) is 14.9 Å². The normalized spacial score (nSPS) is 10.5. The molecule has 138 valence electrons. The van der Waals surface area contributed by atoms with Gasteiger partial charge in [0.15, 0.2) is 0 Å². The van der Waals surface area contributed by atoms with Gasteiger partial charge in [0.25, 0.3) is 11.6 Å². The highest BCUT2D eigenvalue weighted by Crippen LogP contribution is 2.21. The molecule has 0 aromatic heterocycles. The van der Waals surface area contributed by atoms with Crippen LogP contribution < -0.4 is 4.90 Å². The number of carbonyl (C=O) groups is 1. The molecule has 1 amide bonds. The average Bonchev–Trinajstić information content (AvgIpc) is 2.63. The van der Waals surface area contributed by atoms with Crippen molar-refractivity contribution in [2.24, 2.45) is 0 Å². The number of hydrogen-bond acceptors (Lipinski definition) is 4. The summed E-state index contributed by atoms with van der Waals surface area (Å²) in [5.74, 6) is -0.235. The summed E-state index contributed by atoms with van der Waals surface area (Å²) in [6, 6.07) is 12.7. The Morgan fingerprint density at radius 2 is 1.69 bits per heavy atom. The fourth-order valence-corrected chi connectivity index (χ4v) is 2.91. The third kappa shape index (κ3) is 4.39. The van der Waals surface area contributed by atoms with Gasteiger partial charge in [-0.1, -0.05) is 18.2 Å². The van der Waals surface area contributed by atoms with E-state index in [1.54, 1.807) is 31.0 Å². The predicted octanol–water partition coefficient (Wildman–Crippen LogP) is 4.02. The molecule has 0 aliphatic heterocycles. The van der Waals surface area contributed by atoms with E-state index >= 15 is 0 Å². The summed E-state index contributed by atoms with van der Waals surface area (Å²) in [6.45, 7) is 8.22. The van der Waals surface area contributed by atoms with E-state index in [1.165, 1.54) is 6.07 Å². The molecule has 2 rings (SSSR count). The van der Waals surface area contributed by atoms with Crippen molar-refractivity contribution < 1.29 is 9.72 Å². The Morgan fingerprint density at radius 3 is 2.23 bits per heavy atom. The zero-order valence-corrected chi connectivity index (χ0v) is 15.7. The van der Waals surface area contributed by atoms with Gasteiger partial charge in [-0.05, 0) is 44.5 Å². The number of benzene rings is 2. The van der Waals surface area contributed by atoms with Crippen LogP contribution in [0.1, 0.15) is 35.3 Å². The van der Waals surface area contributed by atoms with Crippen molar-refractivity contribution in [3.63, 3.8) is 0 Å². The van der Waals surface area contributed by atoms with Gasteiger partial charge in [-0.3, -0.25) is 14.9 Å². The molecule has 0 radical (unpaired) electrons. The molecule has 0 bridgehead atoms. The topological polar surface area (TPSA) is 66.7 Å². The van der Waals surface area contributed by atoms with Crippen LogP contribution in [0.25, 0.3) is 0 Å². The summed E-state index contributed by atoms with van der Waals surface area (Å²) in [4.78, 5) is 27.0. The number of carbonyl (C=O) groups excluding carboxylic acids is 1. The summed E-state index contributed by atoms with van der Waals surface area (Å²) in [5.41, 5.74) is 3.00. The zero-order chi connectivity index (χ0) is 19.3. The van der Waals surface area contributed by atoms with Crippen LogP contribution >= 0.6 is 0 Å². The molecule has 6 nitrogen and oxygen atoms in total. The van der Waals surface area contributed by atoms with E-state index in [4.69, 9.17) is 0 Å². The molecule has 0 heterocycles. The molecule has 0 aliphatic carbocycles. The molecule has 0 saturated carbocycles. The maximum Gasteiger partial charge on any atom is 0.273 e. The Labute approximate surface area is 154 Å². The van der Waals surface area contributed by atoms with Gasteiger partial charge in [-0.25, -0.2) is 0 Å². The Morgan fingerprint density at radius 1 is 1.08 bits per heavy atom. The van der Waals surface area contributed by atoms with Crippen molar-refractivity contribution in [2.45, 2.75) is 27.3 Å². The van der Waals surface area contributed by atoms with E-state index in [2.05, 4.69) is 30.9 Å². The first-order valence-electron chi connectivity index (χ1n) is 8.71. The quantitative estimate of drug-likeness (QED) is 0.556. The van der Waals surface area contributed by atoms with Crippen molar-refractivity contribution in [3.8, 4) is 0 Å². The fraction of sp³-hybridized carbons (Fsp3) is 0.350. The molecule has 0 aliphatic rings. The maximum absolute atomic E-state index is 12.6. The number of aryl methyl sites for hydroxylation is 1. The first-order valence-corrected chi connectivity index (χ1v) is 8.71. The lowest BCUT2D eigenvalue weighted by Gasteiger charge is -2.22. The Hall–Kier alpha value is -2.89. The number of amides is 1. The van der Waals surface area contributed by atoms with Crippen LogP contribution in [0.2, 0.25) is 0 Å². The minimum absolute atomic E-state index is 0.0344. The molecule has 2 aromatic carbocycles. The number of nitro groups is 1. The molecule has 0 atom stereocenters. The molecule has 2 aromatic rings. The van der Waals surface area contributed by atoms with Crippen LogP contribution in [0.15, 0.2) is 42.5 Å². The highest BCUT2D eigenvalue weighted by molar-refractivity contribution is 5.94. The number of nitro benzene ring substituents is 1. The first-order chi connectivity index (χ1) is 12.4.